The summed E-state index contributed by atoms with van der Waals surface area (Å²) in [6.45, 7) is 5.25. The second-order valence-corrected chi connectivity index (χ2v) is 11.6. The summed E-state index contributed by atoms with van der Waals surface area (Å²) in [6, 6.07) is 9.89. The number of anilines is 1. The van der Waals surface area contributed by atoms with Crippen LogP contribution in [0.25, 0.3) is 0 Å². The highest BCUT2D eigenvalue weighted by Gasteiger charge is 2.31. The molecule has 184 valence electrons. The molecule has 2 heterocycles. The van der Waals surface area contributed by atoms with Gasteiger partial charge in [0.25, 0.3) is 5.91 Å². The molecule has 1 atom stereocenters. The number of piperidine rings is 1. The number of carbonyl (C=O) groups excluding carboxylic acids is 1. The second-order valence-electron chi connectivity index (χ2n) is 8.85. The predicted octanol–water partition coefficient (Wildman–Crippen LogP) is 4.39. The number of benzene rings is 2. The third-order valence-corrected chi connectivity index (χ3v) is 9.08. The third kappa shape index (κ3) is 5.15. The number of methoxy groups -OCH3 is 1. The van der Waals surface area contributed by atoms with E-state index in [0.717, 1.165) is 18.5 Å². The Labute approximate surface area is 211 Å². The molecule has 34 heavy (non-hydrogen) atoms. The van der Waals surface area contributed by atoms with Crippen LogP contribution in [0.1, 0.15) is 30.1 Å². The van der Waals surface area contributed by atoms with Crippen molar-refractivity contribution < 1.29 is 17.9 Å². The maximum Gasteiger partial charge on any atom is 0.254 e. The molecule has 0 saturated carbocycles. The number of sulfonamides is 1. The Bertz CT molecular complexity index is 1170. The van der Waals surface area contributed by atoms with E-state index in [0.29, 0.717) is 66.5 Å². The van der Waals surface area contributed by atoms with Crippen LogP contribution in [0.4, 0.5) is 5.69 Å². The van der Waals surface area contributed by atoms with Crippen molar-refractivity contribution in [2.75, 3.05) is 51.3 Å². The van der Waals surface area contributed by atoms with E-state index in [1.807, 2.05) is 0 Å². The fourth-order valence-corrected chi connectivity index (χ4v) is 6.47. The summed E-state index contributed by atoms with van der Waals surface area (Å²) in [7, 11) is -2.01. The Kier molecular flexibility index (Phi) is 7.62. The number of hydrogen-bond acceptors (Lipinski definition) is 5. The lowest BCUT2D eigenvalue weighted by Gasteiger charge is -2.37. The first-order valence-electron chi connectivity index (χ1n) is 11.4. The van der Waals surface area contributed by atoms with Gasteiger partial charge in [-0.1, -0.05) is 30.1 Å². The van der Waals surface area contributed by atoms with Crippen molar-refractivity contribution in [2.24, 2.45) is 5.92 Å². The quantitative estimate of drug-likeness (QED) is 0.579. The molecule has 0 bridgehead atoms. The van der Waals surface area contributed by atoms with Gasteiger partial charge >= 0.3 is 0 Å². The van der Waals surface area contributed by atoms with Gasteiger partial charge in [0, 0.05) is 44.8 Å². The van der Waals surface area contributed by atoms with Crippen LogP contribution in [-0.2, 0) is 10.0 Å². The minimum atomic E-state index is -3.59. The molecular formula is C24H29Cl2N3O4S. The number of nitrogens with zero attached hydrogens (tertiary/aromatic N) is 3. The normalized spacial score (nSPS) is 19.8. The van der Waals surface area contributed by atoms with E-state index in [1.165, 1.54) is 0 Å². The maximum absolute atomic E-state index is 13.3. The van der Waals surface area contributed by atoms with Gasteiger partial charge in [0.1, 0.15) is 5.75 Å². The topological polar surface area (TPSA) is 70.2 Å². The van der Waals surface area contributed by atoms with Crippen molar-refractivity contribution in [1.29, 1.82) is 0 Å². The van der Waals surface area contributed by atoms with E-state index >= 15 is 0 Å². The van der Waals surface area contributed by atoms with Crippen LogP contribution in [0.2, 0.25) is 10.0 Å². The summed E-state index contributed by atoms with van der Waals surface area (Å²) in [5.74, 6) is 0.846. The summed E-state index contributed by atoms with van der Waals surface area (Å²) < 4.78 is 33.7. The Morgan fingerprint density at radius 2 is 1.74 bits per heavy atom. The van der Waals surface area contributed by atoms with Gasteiger partial charge in [0.15, 0.2) is 0 Å². The first-order valence-corrected chi connectivity index (χ1v) is 13.6. The number of piperazine rings is 1. The van der Waals surface area contributed by atoms with Crippen LogP contribution in [-0.4, -0.2) is 69.9 Å². The van der Waals surface area contributed by atoms with E-state index in [9.17, 15) is 13.2 Å². The van der Waals surface area contributed by atoms with Crippen LogP contribution in [0.5, 0.6) is 5.75 Å². The molecule has 10 heteroatoms. The molecular weight excluding hydrogens is 497 g/mol. The largest absolute Gasteiger partial charge is 0.495 e. The van der Waals surface area contributed by atoms with E-state index in [2.05, 4.69) is 11.8 Å². The number of ether oxygens (including phenoxy) is 1. The standard InChI is InChI=1S/C24H29Cl2N3O4S/c1-17-4-3-9-29(16-17)34(31,32)19-6-8-23(33-2)22(15-19)27-10-12-28(13-11-27)24(30)18-5-7-20(25)21(26)14-18/h5-8,14-15,17H,3-4,9-13,16H2,1-2H3. The Morgan fingerprint density at radius 3 is 2.38 bits per heavy atom. The van der Waals surface area contributed by atoms with Gasteiger partial charge in [-0.05, 0) is 55.2 Å². The molecule has 1 amide bonds. The molecule has 2 aromatic rings. The molecule has 4 rings (SSSR count). The molecule has 1 unspecified atom stereocenters. The first-order chi connectivity index (χ1) is 16.2. The van der Waals surface area contributed by atoms with Crippen molar-refractivity contribution in [2.45, 2.75) is 24.7 Å². The monoisotopic (exact) mass is 525 g/mol. The molecule has 2 saturated heterocycles. The van der Waals surface area contributed by atoms with Gasteiger partial charge in [-0.3, -0.25) is 4.79 Å². The highest BCUT2D eigenvalue weighted by Crippen LogP contribution is 2.34. The highest BCUT2D eigenvalue weighted by molar-refractivity contribution is 7.89. The number of carbonyl (C=O) groups is 1. The van der Waals surface area contributed by atoms with Gasteiger partial charge in [-0.25, -0.2) is 8.42 Å². The van der Waals surface area contributed by atoms with Gasteiger partial charge in [-0.2, -0.15) is 4.31 Å². The van der Waals surface area contributed by atoms with Crippen LogP contribution >= 0.6 is 23.2 Å². The second kappa shape index (κ2) is 10.3. The number of amides is 1. The van der Waals surface area contributed by atoms with E-state index in [1.54, 1.807) is 52.7 Å². The lowest BCUT2D eigenvalue weighted by atomic mass is 10.0. The predicted molar refractivity (Wildman–Crippen MR) is 135 cm³/mol. The van der Waals surface area contributed by atoms with E-state index in [-0.39, 0.29) is 10.8 Å². The maximum atomic E-state index is 13.3. The molecule has 0 N–H and O–H groups in total. The minimum Gasteiger partial charge on any atom is -0.495 e. The Balaban J connectivity index is 1.51. The molecule has 0 aliphatic carbocycles. The van der Waals surface area contributed by atoms with Crippen LogP contribution in [0.15, 0.2) is 41.3 Å². The van der Waals surface area contributed by atoms with E-state index in [4.69, 9.17) is 27.9 Å². The van der Waals surface area contributed by atoms with Gasteiger partial charge in [0.2, 0.25) is 10.0 Å². The number of rotatable bonds is 5. The van der Waals surface area contributed by atoms with Crippen molar-refractivity contribution in [3.63, 3.8) is 0 Å². The fourth-order valence-electron chi connectivity index (χ4n) is 4.55. The summed E-state index contributed by atoms with van der Waals surface area (Å²) in [6.07, 6.45) is 1.92. The van der Waals surface area contributed by atoms with Crippen molar-refractivity contribution >= 4 is 44.8 Å². The average Bonchev–Trinajstić information content (AvgIpc) is 2.85. The zero-order valence-corrected chi connectivity index (χ0v) is 21.7. The smallest absolute Gasteiger partial charge is 0.254 e. The summed E-state index contributed by atoms with van der Waals surface area (Å²) in [5.41, 5.74) is 1.21. The van der Waals surface area contributed by atoms with Crippen LogP contribution < -0.4 is 9.64 Å². The molecule has 2 aromatic carbocycles. The number of halogens is 2. The zero-order chi connectivity index (χ0) is 24.5. The molecule has 2 fully saturated rings. The SMILES string of the molecule is COc1ccc(S(=O)(=O)N2CCCC(C)C2)cc1N1CCN(C(=O)c2ccc(Cl)c(Cl)c2)CC1. The molecule has 2 aliphatic rings. The van der Waals surface area contributed by atoms with Crippen molar-refractivity contribution in [1.82, 2.24) is 9.21 Å². The van der Waals surface area contributed by atoms with Crippen molar-refractivity contribution in [3.05, 3.63) is 52.0 Å². The Morgan fingerprint density at radius 1 is 1.00 bits per heavy atom. The lowest BCUT2D eigenvalue weighted by molar-refractivity contribution is 0.0746. The molecule has 2 aliphatic heterocycles. The fraction of sp³-hybridized carbons (Fsp3) is 0.458. The zero-order valence-electron chi connectivity index (χ0n) is 19.3. The number of hydrogen-bond donors (Lipinski definition) is 0. The first kappa shape index (κ1) is 25.1. The van der Waals surface area contributed by atoms with Crippen LogP contribution in [0.3, 0.4) is 0 Å². The lowest BCUT2D eigenvalue weighted by Crippen LogP contribution is -2.49. The van der Waals surface area contributed by atoms with Gasteiger partial charge in [-0.15, -0.1) is 0 Å². The van der Waals surface area contributed by atoms with E-state index < -0.39 is 10.0 Å². The van der Waals surface area contributed by atoms with Crippen molar-refractivity contribution in [3.8, 4) is 5.75 Å². The minimum absolute atomic E-state index is 0.110. The summed E-state index contributed by atoms with van der Waals surface area (Å²) >= 11 is 12.0. The third-order valence-electron chi connectivity index (χ3n) is 6.48. The van der Waals surface area contributed by atoms with Gasteiger partial charge in [0.05, 0.1) is 27.7 Å². The molecule has 7 nitrogen and oxygen atoms in total. The Hall–Kier alpha value is -2.00. The summed E-state index contributed by atoms with van der Waals surface area (Å²) in [5, 5.41) is 0.751. The van der Waals surface area contributed by atoms with Gasteiger partial charge < -0.3 is 14.5 Å². The highest BCUT2D eigenvalue weighted by atomic mass is 35.5. The molecule has 0 aromatic heterocycles. The summed E-state index contributed by atoms with van der Waals surface area (Å²) in [4.78, 5) is 17.0. The average molecular weight is 526 g/mol. The molecule has 0 spiro atoms. The molecule has 0 radical (unpaired) electrons. The van der Waals surface area contributed by atoms with Crippen LogP contribution in [0, 0.1) is 5.92 Å².